The van der Waals surface area contributed by atoms with Gasteiger partial charge in [0.25, 0.3) is 5.91 Å². The van der Waals surface area contributed by atoms with Crippen LogP contribution in [0.15, 0.2) is 23.1 Å². The third-order valence-corrected chi connectivity index (χ3v) is 7.08. The predicted octanol–water partition coefficient (Wildman–Crippen LogP) is 2.87. The van der Waals surface area contributed by atoms with E-state index in [0.717, 1.165) is 11.8 Å². The summed E-state index contributed by atoms with van der Waals surface area (Å²) in [7, 11) is -3.13. The van der Waals surface area contributed by atoms with E-state index in [4.69, 9.17) is 23.8 Å². The maximum Gasteiger partial charge on any atom is 0.266 e. The molecule has 1 aromatic rings. The summed E-state index contributed by atoms with van der Waals surface area (Å²) in [6.45, 7) is 0. The van der Waals surface area contributed by atoms with Gasteiger partial charge in [-0.05, 0) is 24.6 Å². The van der Waals surface area contributed by atoms with Crippen LogP contribution in [-0.4, -0.2) is 41.1 Å². The number of halogens is 2. The molecule has 1 atom stereocenters. The van der Waals surface area contributed by atoms with Gasteiger partial charge in [0.1, 0.15) is 10.1 Å². The number of thioether (sulfide) groups is 1. The second kappa shape index (κ2) is 6.16. The molecule has 0 aliphatic carbocycles. The number of hydrogen-bond acceptors (Lipinski definition) is 5. The van der Waals surface area contributed by atoms with E-state index in [0.29, 0.717) is 6.42 Å². The number of amides is 1. The van der Waals surface area contributed by atoms with Crippen molar-refractivity contribution in [2.45, 2.75) is 12.5 Å². The predicted molar refractivity (Wildman–Crippen MR) is 93.5 cm³/mol. The normalized spacial score (nSPS) is 25.6. The largest absolute Gasteiger partial charge is 0.289 e. The molecule has 2 saturated heterocycles. The van der Waals surface area contributed by atoms with Gasteiger partial charge < -0.3 is 0 Å². The van der Waals surface area contributed by atoms with Crippen molar-refractivity contribution in [1.82, 2.24) is 4.90 Å². The molecule has 0 N–H and O–H groups in total. The lowest BCUT2D eigenvalue weighted by molar-refractivity contribution is -0.123. The fraction of sp³-hybridized carbons (Fsp3) is 0.286. The van der Waals surface area contributed by atoms with Gasteiger partial charge in [0.2, 0.25) is 0 Å². The molecule has 2 aliphatic heterocycles. The van der Waals surface area contributed by atoms with Gasteiger partial charge in [0, 0.05) is 5.56 Å². The molecule has 4 nitrogen and oxygen atoms in total. The Kier molecular flexibility index (Phi) is 4.52. The van der Waals surface area contributed by atoms with Crippen LogP contribution in [0.25, 0.3) is 6.08 Å². The summed E-state index contributed by atoms with van der Waals surface area (Å²) < 4.78 is 37.3. The SMILES string of the molecule is O=C1/C(=C\c2c(F)cccc2Cl)SC(=S)N1[C@@H]1CCS(=O)(=O)C1. The molecule has 0 spiro atoms. The molecule has 0 radical (unpaired) electrons. The van der Waals surface area contributed by atoms with Gasteiger partial charge in [-0.25, -0.2) is 12.8 Å². The van der Waals surface area contributed by atoms with Crippen molar-refractivity contribution in [3.8, 4) is 0 Å². The van der Waals surface area contributed by atoms with Crippen LogP contribution >= 0.6 is 35.6 Å². The maximum atomic E-state index is 13.9. The minimum absolute atomic E-state index is 0.0485. The summed E-state index contributed by atoms with van der Waals surface area (Å²) in [5.41, 5.74) is 0.119. The Balaban J connectivity index is 1.91. The monoisotopic (exact) mass is 391 g/mol. The van der Waals surface area contributed by atoms with E-state index >= 15 is 0 Å². The van der Waals surface area contributed by atoms with E-state index in [-0.39, 0.29) is 31.3 Å². The number of carbonyl (C=O) groups excluding carboxylic acids is 1. The van der Waals surface area contributed by atoms with Crippen molar-refractivity contribution in [1.29, 1.82) is 0 Å². The van der Waals surface area contributed by atoms with Crippen LogP contribution in [0.3, 0.4) is 0 Å². The lowest BCUT2D eigenvalue weighted by Gasteiger charge is -2.20. The van der Waals surface area contributed by atoms with Gasteiger partial charge in [-0.3, -0.25) is 9.69 Å². The van der Waals surface area contributed by atoms with Crippen LogP contribution in [0.2, 0.25) is 5.02 Å². The Bertz CT molecular complexity index is 817. The summed E-state index contributed by atoms with van der Waals surface area (Å²) in [5, 5.41) is 0.193. The van der Waals surface area contributed by atoms with E-state index in [1.165, 1.54) is 29.2 Å². The summed E-state index contributed by atoms with van der Waals surface area (Å²) in [6.07, 6.45) is 1.73. The van der Waals surface area contributed by atoms with Gasteiger partial charge in [0.05, 0.1) is 27.5 Å². The summed E-state index contributed by atoms with van der Waals surface area (Å²) in [4.78, 5) is 14.1. The highest BCUT2D eigenvalue weighted by Crippen LogP contribution is 2.37. The van der Waals surface area contributed by atoms with E-state index in [1.807, 2.05) is 0 Å². The number of carbonyl (C=O) groups is 1. The third-order valence-electron chi connectivity index (χ3n) is 3.67. The molecule has 3 rings (SSSR count). The Morgan fingerprint density at radius 2 is 2.17 bits per heavy atom. The van der Waals surface area contributed by atoms with E-state index < -0.39 is 27.6 Å². The molecular weight excluding hydrogens is 381 g/mol. The quantitative estimate of drug-likeness (QED) is 0.573. The van der Waals surface area contributed by atoms with Crippen LogP contribution < -0.4 is 0 Å². The van der Waals surface area contributed by atoms with Gasteiger partial charge in [0.15, 0.2) is 9.84 Å². The van der Waals surface area contributed by atoms with Crippen LogP contribution in [-0.2, 0) is 14.6 Å². The van der Waals surface area contributed by atoms with Gasteiger partial charge in [-0.1, -0.05) is 41.6 Å². The summed E-state index contributed by atoms with van der Waals surface area (Å²) in [6, 6.07) is 3.81. The van der Waals surface area contributed by atoms with Gasteiger partial charge >= 0.3 is 0 Å². The molecule has 23 heavy (non-hydrogen) atoms. The minimum Gasteiger partial charge on any atom is -0.289 e. The van der Waals surface area contributed by atoms with Crippen LogP contribution in [0, 0.1) is 5.82 Å². The molecule has 0 aromatic heterocycles. The van der Waals surface area contributed by atoms with Gasteiger partial charge in [-0.2, -0.15) is 0 Å². The highest BCUT2D eigenvalue weighted by atomic mass is 35.5. The average Bonchev–Trinajstić information content (AvgIpc) is 2.94. The molecular formula is C14H11ClFNO3S3. The first-order chi connectivity index (χ1) is 10.8. The first-order valence-electron chi connectivity index (χ1n) is 6.70. The molecule has 0 bridgehead atoms. The maximum absolute atomic E-state index is 13.9. The lowest BCUT2D eigenvalue weighted by atomic mass is 10.2. The minimum atomic E-state index is -3.13. The number of hydrogen-bond donors (Lipinski definition) is 0. The van der Waals surface area contributed by atoms with Crippen LogP contribution in [0.5, 0.6) is 0 Å². The van der Waals surface area contributed by atoms with Crippen molar-refractivity contribution < 1.29 is 17.6 Å². The van der Waals surface area contributed by atoms with Crippen molar-refractivity contribution >= 4 is 61.7 Å². The smallest absolute Gasteiger partial charge is 0.266 e. The van der Waals surface area contributed by atoms with E-state index in [9.17, 15) is 17.6 Å². The fourth-order valence-electron chi connectivity index (χ4n) is 2.55. The Morgan fingerprint density at radius 3 is 2.78 bits per heavy atom. The van der Waals surface area contributed by atoms with Gasteiger partial charge in [-0.15, -0.1) is 0 Å². The average molecular weight is 392 g/mol. The zero-order chi connectivity index (χ0) is 16.8. The van der Waals surface area contributed by atoms with Crippen LogP contribution in [0.4, 0.5) is 4.39 Å². The Morgan fingerprint density at radius 1 is 1.43 bits per heavy atom. The standard InChI is InChI=1S/C14H11ClFNO3S3/c15-10-2-1-3-11(16)9(10)6-12-13(18)17(14(21)22-12)8-4-5-23(19,20)7-8/h1-3,6,8H,4-5,7H2/b12-6+/t8-/m1/s1. The zero-order valence-corrected chi connectivity index (χ0v) is 14.9. The fourth-order valence-corrected chi connectivity index (χ4v) is 5.85. The second-order valence-electron chi connectivity index (χ2n) is 5.24. The second-order valence-corrected chi connectivity index (χ2v) is 9.56. The number of nitrogens with zero attached hydrogens (tertiary/aromatic N) is 1. The molecule has 2 fully saturated rings. The highest BCUT2D eigenvalue weighted by Gasteiger charge is 2.42. The third kappa shape index (κ3) is 3.31. The molecule has 1 aromatic carbocycles. The van der Waals surface area contributed by atoms with E-state index in [1.54, 1.807) is 0 Å². The number of benzene rings is 1. The highest BCUT2D eigenvalue weighted by molar-refractivity contribution is 8.26. The molecule has 0 unspecified atom stereocenters. The zero-order valence-electron chi connectivity index (χ0n) is 11.7. The van der Waals surface area contributed by atoms with Crippen molar-refractivity contribution in [3.05, 3.63) is 39.5 Å². The summed E-state index contributed by atoms with van der Waals surface area (Å²) in [5.74, 6) is -0.979. The number of sulfone groups is 1. The molecule has 2 heterocycles. The lowest BCUT2D eigenvalue weighted by Crippen LogP contribution is -2.39. The first kappa shape index (κ1) is 16.9. The Hall–Kier alpha value is -0.960. The number of thiocarbonyl (C=S) groups is 1. The molecule has 122 valence electrons. The first-order valence-corrected chi connectivity index (χ1v) is 10.1. The molecule has 1 amide bonds. The van der Waals surface area contributed by atoms with Crippen LogP contribution in [0.1, 0.15) is 12.0 Å². The van der Waals surface area contributed by atoms with Crippen molar-refractivity contribution in [3.63, 3.8) is 0 Å². The summed E-state index contributed by atoms with van der Waals surface area (Å²) >= 11 is 12.2. The van der Waals surface area contributed by atoms with Crippen molar-refractivity contribution in [2.75, 3.05) is 11.5 Å². The van der Waals surface area contributed by atoms with Crippen molar-refractivity contribution in [2.24, 2.45) is 0 Å². The number of rotatable bonds is 2. The molecule has 0 saturated carbocycles. The molecule has 2 aliphatic rings. The Labute approximate surface area is 147 Å². The topological polar surface area (TPSA) is 54.5 Å². The molecule has 9 heteroatoms. The van der Waals surface area contributed by atoms with E-state index in [2.05, 4.69) is 0 Å².